The highest BCUT2D eigenvalue weighted by Gasteiger charge is 2.37. The van der Waals surface area contributed by atoms with Gasteiger partial charge < -0.3 is 9.84 Å². The third-order valence-electron chi connectivity index (χ3n) is 4.22. The zero-order valence-corrected chi connectivity index (χ0v) is 12.2. The SMILES string of the molecule is Cl.Oc1ccc2c(c1)[C@H]1OCCN(CCCF)[C@@H]1CC2. The van der Waals surface area contributed by atoms with E-state index in [1.807, 2.05) is 12.1 Å². The molecule has 2 atom stereocenters. The minimum Gasteiger partial charge on any atom is -0.508 e. The van der Waals surface area contributed by atoms with Gasteiger partial charge in [0, 0.05) is 19.1 Å². The van der Waals surface area contributed by atoms with Crippen LogP contribution in [0.25, 0.3) is 0 Å². The van der Waals surface area contributed by atoms with Crippen molar-refractivity contribution in [1.29, 1.82) is 0 Å². The lowest BCUT2D eigenvalue weighted by molar-refractivity contribution is -0.0808. The highest BCUT2D eigenvalue weighted by Crippen LogP contribution is 2.39. The fraction of sp³-hybridized carbons (Fsp3) is 0.600. The van der Waals surface area contributed by atoms with Gasteiger partial charge in [0.2, 0.25) is 0 Å². The first-order valence-electron chi connectivity index (χ1n) is 7.03. The fourth-order valence-corrected chi connectivity index (χ4v) is 3.32. The van der Waals surface area contributed by atoms with E-state index in [-0.39, 0.29) is 25.2 Å². The van der Waals surface area contributed by atoms with Crippen molar-refractivity contribution in [3.8, 4) is 5.75 Å². The van der Waals surface area contributed by atoms with Crippen molar-refractivity contribution in [2.24, 2.45) is 0 Å². The number of hydrogen-bond acceptors (Lipinski definition) is 3. The predicted octanol–water partition coefficient (Wildman–Crippen LogP) is 2.86. The Kier molecular flexibility index (Phi) is 5.24. The summed E-state index contributed by atoms with van der Waals surface area (Å²) in [5.41, 5.74) is 2.38. The molecule has 2 aliphatic rings. The Morgan fingerprint density at radius 1 is 1.40 bits per heavy atom. The standard InChI is InChI=1S/C15H20FNO2.ClH/c16-6-1-7-17-8-9-19-15-13-10-12(18)4-2-11(13)3-5-14(15)17;/h2,4,10,14-15,18H,1,3,5-9H2;1H/t14-,15-;/m1./s1. The molecule has 0 unspecified atom stereocenters. The van der Waals surface area contributed by atoms with E-state index >= 15 is 0 Å². The molecule has 0 radical (unpaired) electrons. The summed E-state index contributed by atoms with van der Waals surface area (Å²) in [7, 11) is 0. The zero-order chi connectivity index (χ0) is 13.2. The molecule has 1 fully saturated rings. The van der Waals surface area contributed by atoms with Gasteiger partial charge in [-0.05, 0) is 42.5 Å². The lowest BCUT2D eigenvalue weighted by Gasteiger charge is -2.44. The second-order valence-electron chi connectivity index (χ2n) is 5.36. The first kappa shape index (κ1) is 15.5. The molecule has 1 heterocycles. The van der Waals surface area contributed by atoms with Gasteiger partial charge in [0.25, 0.3) is 0 Å². The van der Waals surface area contributed by atoms with Gasteiger partial charge in [0.05, 0.1) is 19.4 Å². The van der Waals surface area contributed by atoms with Gasteiger partial charge in [-0.3, -0.25) is 9.29 Å². The van der Waals surface area contributed by atoms with E-state index in [0.717, 1.165) is 31.5 Å². The quantitative estimate of drug-likeness (QED) is 0.932. The number of aromatic hydroxyl groups is 1. The maximum Gasteiger partial charge on any atom is 0.115 e. The van der Waals surface area contributed by atoms with Gasteiger partial charge in [0.15, 0.2) is 0 Å². The number of fused-ring (bicyclic) bond motifs is 3. The van der Waals surface area contributed by atoms with Crippen LogP contribution in [0, 0.1) is 0 Å². The maximum absolute atomic E-state index is 12.4. The highest BCUT2D eigenvalue weighted by molar-refractivity contribution is 5.85. The summed E-state index contributed by atoms with van der Waals surface area (Å²) >= 11 is 0. The van der Waals surface area contributed by atoms with Crippen LogP contribution < -0.4 is 0 Å². The molecule has 5 heteroatoms. The van der Waals surface area contributed by atoms with Gasteiger partial charge in [-0.2, -0.15) is 0 Å². The number of ether oxygens (including phenoxy) is 1. The van der Waals surface area contributed by atoms with E-state index in [2.05, 4.69) is 4.90 Å². The largest absolute Gasteiger partial charge is 0.508 e. The van der Waals surface area contributed by atoms with Gasteiger partial charge in [-0.15, -0.1) is 12.4 Å². The molecule has 112 valence electrons. The number of morpholine rings is 1. The number of hydrogen-bond donors (Lipinski definition) is 1. The maximum atomic E-state index is 12.4. The molecule has 0 amide bonds. The van der Waals surface area contributed by atoms with E-state index < -0.39 is 0 Å². The second kappa shape index (κ2) is 6.74. The number of phenols is 1. The number of nitrogens with zero attached hydrogens (tertiary/aromatic N) is 1. The number of benzene rings is 1. The van der Waals surface area contributed by atoms with Crippen LogP contribution >= 0.6 is 12.4 Å². The lowest BCUT2D eigenvalue weighted by Crippen LogP contribution is -2.49. The average Bonchev–Trinajstić information content (AvgIpc) is 2.44. The smallest absolute Gasteiger partial charge is 0.115 e. The van der Waals surface area contributed by atoms with Crippen LogP contribution in [0.15, 0.2) is 18.2 Å². The second-order valence-corrected chi connectivity index (χ2v) is 5.36. The number of phenolic OH excluding ortho intramolecular Hbond substituents is 1. The Morgan fingerprint density at radius 3 is 3.05 bits per heavy atom. The van der Waals surface area contributed by atoms with E-state index in [4.69, 9.17) is 4.74 Å². The van der Waals surface area contributed by atoms with Crippen LogP contribution in [0.3, 0.4) is 0 Å². The van der Waals surface area contributed by atoms with Gasteiger partial charge in [0.1, 0.15) is 5.75 Å². The van der Waals surface area contributed by atoms with Crippen LogP contribution in [-0.4, -0.2) is 42.4 Å². The molecule has 0 aromatic heterocycles. The molecule has 20 heavy (non-hydrogen) atoms. The first-order valence-corrected chi connectivity index (χ1v) is 7.03. The fourth-order valence-electron chi connectivity index (χ4n) is 3.32. The average molecular weight is 302 g/mol. The van der Waals surface area contributed by atoms with Gasteiger partial charge in [-0.1, -0.05) is 6.07 Å². The van der Waals surface area contributed by atoms with Crippen LogP contribution in [0.2, 0.25) is 0 Å². The van der Waals surface area contributed by atoms with Crippen molar-refractivity contribution in [3.05, 3.63) is 29.3 Å². The Bertz CT molecular complexity index is 457. The molecule has 3 rings (SSSR count). The first-order chi connectivity index (χ1) is 9.29. The summed E-state index contributed by atoms with van der Waals surface area (Å²) in [6.45, 7) is 2.11. The van der Waals surface area contributed by atoms with Crippen LogP contribution in [-0.2, 0) is 11.2 Å². The van der Waals surface area contributed by atoms with Crippen molar-refractivity contribution in [3.63, 3.8) is 0 Å². The summed E-state index contributed by atoms with van der Waals surface area (Å²) in [6.07, 6.45) is 2.68. The van der Waals surface area contributed by atoms with E-state index in [9.17, 15) is 9.50 Å². The molecule has 1 aromatic carbocycles. The Balaban J connectivity index is 0.00000147. The van der Waals surface area contributed by atoms with Crippen LogP contribution in [0.4, 0.5) is 4.39 Å². The molecule has 3 nitrogen and oxygen atoms in total. The van der Waals surface area contributed by atoms with Gasteiger partial charge in [-0.25, -0.2) is 0 Å². The number of aryl methyl sites for hydroxylation is 1. The topological polar surface area (TPSA) is 32.7 Å². The number of halogens is 2. The molecule has 1 aliphatic heterocycles. The van der Waals surface area contributed by atoms with E-state index in [1.54, 1.807) is 6.07 Å². The van der Waals surface area contributed by atoms with Crippen molar-refractivity contribution < 1.29 is 14.2 Å². The molecule has 0 saturated carbocycles. The lowest BCUT2D eigenvalue weighted by atomic mass is 9.84. The van der Waals surface area contributed by atoms with Crippen molar-refractivity contribution >= 4 is 12.4 Å². The number of rotatable bonds is 3. The highest BCUT2D eigenvalue weighted by atomic mass is 35.5. The summed E-state index contributed by atoms with van der Waals surface area (Å²) in [4.78, 5) is 2.35. The number of alkyl halides is 1. The molecule has 1 saturated heterocycles. The molecule has 0 bridgehead atoms. The molecule has 1 aromatic rings. The summed E-state index contributed by atoms with van der Waals surface area (Å²) in [5.74, 6) is 0.295. The zero-order valence-electron chi connectivity index (χ0n) is 11.4. The summed E-state index contributed by atoms with van der Waals surface area (Å²) in [6, 6.07) is 5.88. The minimum absolute atomic E-state index is 0. The minimum atomic E-state index is -0.258. The Morgan fingerprint density at radius 2 is 2.25 bits per heavy atom. The van der Waals surface area contributed by atoms with Gasteiger partial charge >= 0.3 is 0 Å². The van der Waals surface area contributed by atoms with Crippen molar-refractivity contribution in [1.82, 2.24) is 4.90 Å². The van der Waals surface area contributed by atoms with Crippen molar-refractivity contribution in [2.45, 2.75) is 31.4 Å². The van der Waals surface area contributed by atoms with Crippen LogP contribution in [0.5, 0.6) is 5.75 Å². The summed E-state index contributed by atoms with van der Waals surface area (Å²) in [5, 5.41) is 9.67. The van der Waals surface area contributed by atoms with E-state index in [1.165, 1.54) is 5.56 Å². The van der Waals surface area contributed by atoms with E-state index in [0.29, 0.717) is 24.8 Å². The third-order valence-corrected chi connectivity index (χ3v) is 4.22. The normalized spacial score (nSPS) is 25.4. The molecular weight excluding hydrogens is 281 g/mol. The molecule has 1 aliphatic carbocycles. The molecular formula is C15H21ClFNO2. The van der Waals surface area contributed by atoms with Crippen molar-refractivity contribution in [2.75, 3.05) is 26.4 Å². The predicted molar refractivity (Wildman–Crippen MR) is 78.3 cm³/mol. The third kappa shape index (κ3) is 2.92. The Labute approximate surface area is 125 Å². The Hall–Kier alpha value is -0.840. The summed E-state index contributed by atoms with van der Waals surface area (Å²) < 4.78 is 18.3. The monoisotopic (exact) mass is 301 g/mol. The van der Waals surface area contributed by atoms with Crippen LogP contribution in [0.1, 0.15) is 30.1 Å². The molecule has 1 N–H and O–H groups in total. The molecule has 0 spiro atoms.